The molecule has 34 heavy (non-hydrogen) atoms. The molecule has 2 aromatic carbocycles. The zero-order valence-corrected chi connectivity index (χ0v) is 20.3. The van der Waals surface area contributed by atoms with Crippen molar-refractivity contribution in [3.05, 3.63) is 76.6 Å². The van der Waals surface area contributed by atoms with Crippen molar-refractivity contribution in [1.82, 2.24) is 15.2 Å². The van der Waals surface area contributed by atoms with Gasteiger partial charge in [0.2, 0.25) is 0 Å². The van der Waals surface area contributed by atoms with Gasteiger partial charge in [0.1, 0.15) is 18.4 Å². The van der Waals surface area contributed by atoms with Gasteiger partial charge in [-0.05, 0) is 74.6 Å². The Morgan fingerprint density at radius 1 is 1.29 bits per heavy atom. The monoisotopic (exact) mass is 482 g/mol. The van der Waals surface area contributed by atoms with Gasteiger partial charge in [0.05, 0.1) is 6.61 Å². The Morgan fingerprint density at radius 3 is 2.76 bits per heavy atom. The van der Waals surface area contributed by atoms with Crippen LogP contribution in [0.3, 0.4) is 0 Å². The fourth-order valence-corrected chi connectivity index (χ4v) is 4.36. The van der Waals surface area contributed by atoms with Crippen LogP contribution in [0.4, 0.5) is 4.79 Å². The molecule has 0 saturated carbocycles. The lowest BCUT2D eigenvalue weighted by Crippen LogP contribution is -2.40. The average molecular weight is 483 g/mol. The minimum atomic E-state index is -0.310. The number of hydrogen-bond acceptors (Lipinski definition) is 5. The van der Waals surface area contributed by atoms with Crippen LogP contribution in [-0.2, 0) is 11.2 Å². The zero-order valence-electron chi connectivity index (χ0n) is 19.6. The third-order valence-corrected chi connectivity index (χ3v) is 5.82. The van der Waals surface area contributed by atoms with E-state index in [1.54, 1.807) is 4.90 Å². The van der Waals surface area contributed by atoms with E-state index in [-0.39, 0.29) is 12.1 Å². The van der Waals surface area contributed by atoms with Crippen molar-refractivity contribution in [2.45, 2.75) is 26.3 Å². The summed E-state index contributed by atoms with van der Waals surface area (Å²) in [5, 5.41) is 10.5. The van der Waals surface area contributed by atoms with Gasteiger partial charge in [-0.3, -0.25) is 4.90 Å². The molecule has 0 saturated heterocycles. The molecule has 0 spiro atoms. The molecule has 1 aliphatic rings. The van der Waals surface area contributed by atoms with Crippen LogP contribution in [-0.4, -0.2) is 49.0 Å². The lowest BCUT2D eigenvalue weighted by Gasteiger charge is -2.35. The van der Waals surface area contributed by atoms with Gasteiger partial charge < -0.3 is 25.2 Å². The number of nitrogens with one attached hydrogen (secondary N) is 3. The highest BCUT2D eigenvalue weighted by molar-refractivity contribution is 6.31. The third-order valence-electron chi connectivity index (χ3n) is 5.59. The standard InChI is InChI=1S/C25H28ClN3O3.CH3N/c1-3-12-27-13-15-32-19-8-5-17(6-9-19)24-23-20(11-14-29(24)25(30)31-4-2)21-16-18(26)7-10-22(21)28-23;1-2/h3,5-10,12,16,24,27-28H,4,11,13-15H2,1-2H3;2H,1H2/b12-3-;. The Hall–Kier alpha value is -3.45. The largest absolute Gasteiger partial charge is 0.492 e. The maximum absolute atomic E-state index is 12.8. The van der Waals surface area contributed by atoms with E-state index in [9.17, 15) is 4.79 Å². The quantitative estimate of drug-likeness (QED) is 0.298. The van der Waals surface area contributed by atoms with E-state index in [0.717, 1.165) is 40.9 Å². The highest BCUT2D eigenvalue weighted by Gasteiger charge is 2.35. The van der Waals surface area contributed by atoms with E-state index in [0.29, 0.717) is 24.8 Å². The van der Waals surface area contributed by atoms with Crippen molar-refractivity contribution >= 4 is 35.3 Å². The smallest absolute Gasteiger partial charge is 0.410 e. The number of carbonyl (C=O) groups excluding carboxylic acids is 1. The summed E-state index contributed by atoms with van der Waals surface area (Å²) in [6, 6.07) is 13.5. The maximum Gasteiger partial charge on any atom is 0.410 e. The average Bonchev–Trinajstić information content (AvgIpc) is 3.23. The predicted molar refractivity (Wildman–Crippen MR) is 137 cm³/mol. The number of ether oxygens (including phenoxy) is 2. The number of H-pyrrole nitrogens is 1. The second-order valence-electron chi connectivity index (χ2n) is 7.62. The second kappa shape index (κ2) is 12.1. The first-order chi connectivity index (χ1) is 16.6. The van der Waals surface area contributed by atoms with Gasteiger partial charge in [0.15, 0.2) is 0 Å². The number of hydrogen-bond donors (Lipinski definition) is 3. The van der Waals surface area contributed by atoms with Crippen LogP contribution < -0.4 is 10.1 Å². The first-order valence-corrected chi connectivity index (χ1v) is 11.7. The number of halogens is 1. The molecule has 4 rings (SSSR count). The molecule has 0 aliphatic carbocycles. The van der Waals surface area contributed by atoms with Crippen molar-refractivity contribution in [2.75, 3.05) is 26.3 Å². The molecule has 1 amide bonds. The van der Waals surface area contributed by atoms with Gasteiger partial charge in [-0.25, -0.2) is 4.79 Å². The fraction of sp³-hybridized carbons (Fsp3) is 0.308. The molecule has 8 heteroatoms. The van der Waals surface area contributed by atoms with Gasteiger partial charge in [-0.1, -0.05) is 29.8 Å². The molecule has 7 nitrogen and oxygen atoms in total. The molecular formula is C26H31ClN4O3. The third kappa shape index (κ3) is 5.54. The number of allylic oxidation sites excluding steroid dienone is 1. The first kappa shape index (κ1) is 25.2. The van der Waals surface area contributed by atoms with E-state index >= 15 is 0 Å². The van der Waals surface area contributed by atoms with Crippen LogP contribution in [0.25, 0.3) is 10.9 Å². The number of amides is 1. The van der Waals surface area contributed by atoms with Crippen molar-refractivity contribution < 1.29 is 14.3 Å². The van der Waals surface area contributed by atoms with Crippen LogP contribution in [0.5, 0.6) is 5.75 Å². The number of fused-ring (bicyclic) bond motifs is 3. The van der Waals surface area contributed by atoms with Crippen LogP contribution in [0.1, 0.15) is 36.7 Å². The maximum atomic E-state index is 12.8. The lowest BCUT2D eigenvalue weighted by molar-refractivity contribution is 0.0932. The molecule has 0 radical (unpaired) electrons. The summed E-state index contributed by atoms with van der Waals surface area (Å²) in [5.41, 5.74) is 4.22. The van der Waals surface area contributed by atoms with Crippen LogP contribution in [0.2, 0.25) is 5.02 Å². The Balaban J connectivity index is 0.00000158. The first-order valence-electron chi connectivity index (χ1n) is 11.3. The van der Waals surface area contributed by atoms with Crippen molar-refractivity contribution in [2.24, 2.45) is 0 Å². The Kier molecular flexibility index (Phi) is 8.99. The predicted octanol–water partition coefficient (Wildman–Crippen LogP) is 5.69. The van der Waals surface area contributed by atoms with Crippen LogP contribution in [0.15, 0.2) is 54.7 Å². The number of rotatable bonds is 7. The number of aromatic nitrogens is 1. The molecule has 3 aromatic rings. The highest BCUT2D eigenvalue weighted by Crippen LogP contribution is 2.39. The summed E-state index contributed by atoms with van der Waals surface area (Å²) in [7, 11) is 0. The lowest BCUT2D eigenvalue weighted by atomic mass is 9.92. The fourth-order valence-electron chi connectivity index (χ4n) is 4.19. The minimum Gasteiger partial charge on any atom is -0.492 e. The second-order valence-corrected chi connectivity index (χ2v) is 8.06. The van der Waals surface area contributed by atoms with E-state index in [4.69, 9.17) is 26.5 Å². The summed E-state index contributed by atoms with van der Waals surface area (Å²) in [6.45, 7) is 8.49. The molecule has 0 bridgehead atoms. The van der Waals surface area contributed by atoms with Crippen molar-refractivity contribution in [3.63, 3.8) is 0 Å². The van der Waals surface area contributed by atoms with E-state index in [2.05, 4.69) is 17.0 Å². The molecule has 180 valence electrons. The summed E-state index contributed by atoms with van der Waals surface area (Å²) in [4.78, 5) is 18.1. The molecule has 2 heterocycles. The topological polar surface area (TPSA) is 90.4 Å². The molecule has 0 fully saturated rings. The number of benzene rings is 2. The van der Waals surface area contributed by atoms with E-state index in [1.807, 2.05) is 68.6 Å². The minimum absolute atomic E-state index is 0.269. The number of nitrogens with zero attached hydrogens (tertiary/aromatic N) is 1. The van der Waals surface area contributed by atoms with Gasteiger partial charge in [0.25, 0.3) is 0 Å². The molecule has 1 aromatic heterocycles. The van der Waals surface area contributed by atoms with Crippen LogP contribution in [0, 0.1) is 5.41 Å². The normalized spacial score (nSPS) is 14.9. The van der Waals surface area contributed by atoms with E-state index in [1.165, 1.54) is 5.56 Å². The number of carbonyl (C=O) groups is 1. The van der Waals surface area contributed by atoms with Crippen LogP contribution >= 0.6 is 11.6 Å². The van der Waals surface area contributed by atoms with Gasteiger partial charge >= 0.3 is 6.09 Å². The van der Waals surface area contributed by atoms with Crippen molar-refractivity contribution in [1.29, 1.82) is 5.41 Å². The Bertz CT molecular complexity index is 1130. The van der Waals surface area contributed by atoms with Crippen molar-refractivity contribution in [3.8, 4) is 5.75 Å². The number of aromatic amines is 1. The highest BCUT2D eigenvalue weighted by atomic mass is 35.5. The summed E-state index contributed by atoms with van der Waals surface area (Å²) in [5.74, 6) is 0.790. The van der Waals surface area contributed by atoms with Gasteiger partial charge in [-0.2, -0.15) is 0 Å². The molecule has 3 N–H and O–H groups in total. The summed E-state index contributed by atoms with van der Waals surface area (Å²) < 4.78 is 11.2. The Labute approximate surface area is 205 Å². The molecule has 1 unspecified atom stereocenters. The molecular weight excluding hydrogens is 452 g/mol. The Morgan fingerprint density at radius 2 is 2.06 bits per heavy atom. The summed E-state index contributed by atoms with van der Waals surface area (Å²) >= 11 is 6.26. The van der Waals surface area contributed by atoms with Gasteiger partial charge in [0, 0.05) is 34.7 Å². The van der Waals surface area contributed by atoms with Gasteiger partial charge in [-0.15, -0.1) is 0 Å². The molecule has 1 atom stereocenters. The molecule has 1 aliphatic heterocycles. The summed E-state index contributed by atoms with van der Waals surface area (Å²) in [6.07, 6.45) is 4.27. The SMILES string of the molecule is C/C=C\NCCOc1ccc(C2c3[nH]c4ccc(Cl)cc4c3CCN2C(=O)OCC)cc1.C=N. The zero-order chi connectivity index (χ0) is 24.5. The van der Waals surface area contributed by atoms with E-state index < -0.39 is 0 Å².